The quantitative estimate of drug-likeness (QED) is 0.787. The van der Waals surface area contributed by atoms with Crippen molar-refractivity contribution in [2.75, 3.05) is 12.3 Å². The van der Waals surface area contributed by atoms with Crippen molar-refractivity contribution in [3.8, 4) is 0 Å². The third kappa shape index (κ3) is 3.54. The fourth-order valence-electron chi connectivity index (χ4n) is 1.93. The molecule has 88 valence electrons. The Morgan fingerprint density at radius 1 is 1.47 bits per heavy atom. The van der Waals surface area contributed by atoms with Gasteiger partial charge in [-0.3, -0.25) is 4.79 Å². The van der Waals surface area contributed by atoms with Crippen molar-refractivity contribution in [2.45, 2.75) is 37.0 Å². The summed E-state index contributed by atoms with van der Waals surface area (Å²) in [5.41, 5.74) is 5.64. The van der Waals surface area contributed by atoms with Crippen LogP contribution >= 0.6 is 24.2 Å². The number of nitrogens with one attached hydrogen (secondary N) is 1. The molecule has 1 amide bonds. The Bertz CT molecular complexity index is 217. The normalized spacial score (nSPS) is 26.9. The molecule has 0 aromatic rings. The molecular formula is C10H19ClN2OS. The van der Waals surface area contributed by atoms with E-state index in [9.17, 15) is 4.79 Å². The number of thioether (sulfide) groups is 1. The summed E-state index contributed by atoms with van der Waals surface area (Å²) in [6.07, 6.45) is 4.69. The highest BCUT2D eigenvalue weighted by molar-refractivity contribution is 8.00. The van der Waals surface area contributed by atoms with E-state index >= 15 is 0 Å². The summed E-state index contributed by atoms with van der Waals surface area (Å²) in [6, 6.07) is 0.240. The van der Waals surface area contributed by atoms with Gasteiger partial charge in [0.15, 0.2) is 0 Å². The van der Waals surface area contributed by atoms with Crippen LogP contribution in [-0.4, -0.2) is 29.5 Å². The second kappa shape index (κ2) is 5.97. The van der Waals surface area contributed by atoms with Crippen LogP contribution in [-0.2, 0) is 4.79 Å². The highest BCUT2D eigenvalue weighted by atomic mass is 35.5. The van der Waals surface area contributed by atoms with E-state index in [1.807, 2.05) is 0 Å². The molecule has 3 nitrogen and oxygen atoms in total. The first-order valence-electron chi connectivity index (χ1n) is 5.43. The number of halogens is 1. The molecule has 2 aliphatic rings. The topological polar surface area (TPSA) is 55.1 Å². The smallest absolute Gasteiger partial charge is 0.233 e. The first-order chi connectivity index (χ1) is 6.81. The number of nitrogens with two attached hydrogens (primary N) is 1. The molecule has 15 heavy (non-hydrogen) atoms. The van der Waals surface area contributed by atoms with Crippen LogP contribution < -0.4 is 11.1 Å². The Morgan fingerprint density at radius 2 is 2.20 bits per heavy atom. The molecule has 2 fully saturated rings. The standard InChI is InChI=1S/C10H18N2OS.ClH/c11-6-8(7-3-4-7)12-10(13)9-2-1-5-14-9;/h7-9H,1-6,11H2,(H,12,13);1H. The van der Waals surface area contributed by atoms with Gasteiger partial charge in [-0.2, -0.15) is 0 Å². The summed E-state index contributed by atoms with van der Waals surface area (Å²) in [7, 11) is 0. The lowest BCUT2D eigenvalue weighted by atomic mass is 10.1. The maximum Gasteiger partial charge on any atom is 0.233 e. The molecule has 0 bridgehead atoms. The number of amides is 1. The van der Waals surface area contributed by atoms with Gasteiger partial charge in [-0.25, -0.2) is 0 Å². The zero-order valence-corrected chi connectivity index (χ0v) is 10.4. The summed E-state index contributed by atoms with van der Waals surface area (Å²) in [4.78, 5) is 11.8. The van der Waals surface area contributed by atoms with E-state index in [0.29, 0.717) is 12.5 Å². The highest BCUT2D eigenvalue weighted by Gasteiger charge is 2.33. The second-order valence-corrected chi connectivity index (χ2v) is 5.50. The Hall–Kier alpha value is 0.0700. The lowest BCUT2D eigenvalue weighted by Crippen LogP contribution is -2.44. The first-order valence-corrected chi connectivity index (χ1v) is 6.48. The molecule has 0 aromatic heterocycles. The van der Waals surface area contributed by atoms with Crippen LogP contribution in [0.1, 0.15) is 25.7 Å². The van der Waals surface area contributed by atoms with Crippen molar-refractivity contribution in [3.63, 3.8) is 0 Å². The van der Waals surface area contributed by atoms with Gasteiger partial charge in [0.05, 0.1) is 5.25 Å². The van der Waals surface area contributed by atoms with Gasteiger partial charge in [0.2, 0.25) is 5.91 Å². The van der Waals surface area contributed by atoms with E-state index in [1.165, 1.54) is 19.3 Å². The maximum absolute atomic E-state index is 11.8. The molecule has 1 aliphatic carbocycles. The van der Waals surface area contributed by atoms with E-state index < -0.39 is 0 Å². The summed E-state index contributed by atoms with van der Waals surface area (Å²) in [5.74, 6) is 2.01. The molecule has 2 atom stereocenters. The van der Waals surface area contributed by atoms with Crippen LogP contribution in [0.15, 0.2) is 0 Å². The van der Waals surface area contributed by atoms with E-state index in [2.05, 4.69) is 5.32 Å². The summed E-state index contributed by atoms with van der Waals surface area (Å²) >= 11 is 1.78. The van der Waals surface area contributed by atoms with Gasteiger partial charge in [0, 0.05) is 12.6 Å². The first kappa shape index (κ1) is 13.1. The van der Waals surface area contributed by atoms with E-state index in [-0.39, 0.29) is 29.6 Å². The molecule has 1 aliphatic heterocycles. The van der Waals surface area contributed by atoms with Crippen LogP contribution in [0.2, 0.25) is 0 Å². The predicted octanol–water partition coefficient (Wildman–Crippen LogP) is 1.16. The molecule has 5 heteroatoms. The molecule has 2 rings (SSSR count). The predicted molar refractivity (Wildman–Crippen MR) is 66.4 cm³/mol. The van der Waals surface area contributed by atoms with Gasteiger partial charge >= 0.3 is 0 Å². The average molecular weight is 251 g/mol. The Labute approximate surface area is 101 Å². The van der Waals surface area contributed by atoms with Gasteiger partial charge in [0.25, 0.3) is 0 Å². The minimum absolute atomic E-state index is 0. The highest BCUT2D eigenvalue weighted by Crippen LogP contribution is 2.33. The molecule has 0 radical (unpaired) electrons. The van der Waals surface area contributed by atoms with Gasteiger partial charge < -0.3 is 11.1 Å². The van der Waals surface area contributed by atoms with Crippen LogP contribution in [0.5, 0.6) is 0 Å². The number of hydrogen-bond donors (Lipinski definition) is 2. The summed E-state index contributed by atoms with van der Waals surface area (Å²) in [6.45, 7) is 0.591. The number of rotatable bonds is 4. The van der Waals surface area contributed by atoms with Gasteiger partial charge in [-0.1, -0.05) is 0 Å². The van der Waals surface area contributed by atoms with E-state index in [1.54, 1.807) is 11.8 Å². The van der Waals surface area contributed by atoms with Crippen LogP contribution in [0.25, 0.3) is 0 Å². The second-order valence-electron chi connectivity index (χ2n) is 4.19. The van der Waals surface area contributed by atoms with E-state index in [4.69, 9.17) is 5.73 Å². The number of hydrogen-bond acceptors (Lipinski definition) is 3. The molecule has 0 spiro atoms. The summed E-state index contributed by atoms with van der Waals surface area (Å²) < 4.78 is 0. The molecule has 1 saturated carbocycles. The zero-order chi connectivity index (χ0) is 9.97. The van der Waals surface area contributed by atoms with E-state index in [0.717, 1.165) is 12.2 Å². The molecular weight excluding hydrogens is 232 g/mol. The van der Waals surface area contributed by atoms with Gasteiger partial charge in [-0.15, -0.1) is 24.2 Å². The Kier molecular flexibility index (Phi) is 5.23. The van der Waals surface area contributed by atoms with Crippen molar-refractivity contribution in [2.24, 2.45) is 11.7 Å². The van der Waals surface area contributed by atoms with Crippen molar-refractivity contribution in [1.29, 1.82) is 0 Å². The molecule has 0 aromatic carbocycles. The lowest BCUT2D eigenvalue weighted by Gasteiger charge is -2.18. The average Bonchev–Trinajstić information content (AvgIpc) is 2.88. The molecule has 2 unspecified atom stereocenters. The number of carbonyl (C=O) groups is 1. The Balaban J connectivity index is 0.00000112. The largest absolute Gasteiger partial charge is 0.351 e. The van der Waals surface area contributed by atoms with Crippen molar-refractivity contribution < 1.29 is 4.79 Å². The number of carbonyl (C=O) groups excluding carboxylic acids is 1. The van der Waals surface area contributed by atoms with Crippen molar-refractivity contribution >= 4 is 30.1 Å². The van der Waals surface area contributed by atoms with Gasteiger partial charge in [0.1, 0.15) is 0 Å². The van der Waals surface area contributed by atoms with Crippen LogP contribution in [0.3, 0.4) is 0 Å². The van der Waals surface area contributed by atoms with Gasteiger partial charge in [-0.05, 0) is 37.4 Å². The minimum atomic E-state index is 0. The summed E-state index contributed by atoms with van der Waals surface area (Å²) in [5, 5.41) is 3.28. The fraction of sp³-hybridized carbons (Fsp3) is 0.900. The zero-order valence-electron chi connectivity index (χ0n) is 8.78. The molecule has 3 N–H and O–H groups in total. The third-order valence-electron chi connectivity index (χ3n) is 2.99. The monoisotopic (exact) mass is 250 g/mol. The van der Waals surface area contributed by atoms with Crippen LogP contribution in [0.4, 0.5) is 0 Å². The molecule has 1 saturated heterocycles. The van der Waals surface area contributed by atoms with Crippen LogP contribution in [0, 0.1) is 5.92 Å². The third-order valence-corrected chi connectivity index (χ3v) is 4.37. The Morgan fingerprint density at radius 3 is 2.67 bits per heavy atom. The van der Waals surface area contributed by atoms with Crippen molar-refractivity contribution in [1.82, 2.24) is 5.32 Å². The SMILES string of the molecule is Cl.NCC(NC(=O)C1CCCS1)C1CC1. The maximum atomic E-state index is 11.8. The fourth-order valence-corrected chi connectivity index (χ4v) is 3.10. The van der Waals surface area contributed by atoms with Crippen molar-refractivity contribution in [3.05, 3.63) is 0 Å². The minimum Gasteiger partial charge on any atom is -0.351 e. The molecule has 1 heterocycles. The lowest BCUT2D eigenvalue weighted by molar-refractivity contribution is -0.121.